The number of hydrogen-bond donors (Lipinski definition) is 1. The van der Waals surface area contributed by atoms with Gasteiger partial charge in [0.05, 0.1) is 11.9 Å². The van der Waals surface area contributed by atoms with E-state index in [9.17, 15) is 4.79 Å². The summed E-state index contributed by atoms with van der Waals surface area (Å²) in [6.07, 6.45) is 10.7. The van der Waals surface area contributed by atoms with Gasteiger partial charge in [0, 0.05) is 18.7 Å². The first-order valence-corrected chi connectivity index (χ1v) is 7.15. The average Bonchev–Trinajstić information content (AvgIpc) is 3.18. The molecule has 0 unspecified atom stereocenters. The summed E-state index contributed by atoms with van der Waals surface area (Å²) >= 11 is 0. The molecule has 4 nitrogen and oxygen atoms in total. The predicted molar refractivity (Wildman–Crippen MR) is 71.7 cm³/mol. The van der Waals surface area contributed by atoms with E-state index in [1.165, 1.54) is 44.9 Å². The minimum atomic E-state index is 0.0335. The molecule has 1 aromatic heterocycles. The fraction of sp³-hybridized carbons (Fsp3) is 0.714. The second-order valence-electron chi connectivity index (χ2n) is 5.69. The van der Waals surface area contributed by atoms with Crippen molar-refractivity contribution in [2.45, 2.75) is 57.5 Å². The molecule has 1 N–H and O–H groups in total. The van der Waals surface area contributed by atoms with E-state index in [0.29, 0.717) is 12.0 Å². The maximum Gasteiger partial charge on any atom is 0.268 e. The highest BCUT2D eigenvalue weighted by molar-refractivity contribution is 5.41. The molecule has 0 saturated heterocycles. The first-order valence-electron chi connectivity index (χ1n) is 7.15. The van der Waals surface area contributed by atoms with Gasteiger partial charge in [-0.25, -0.2) is 4.68 Å². The number of rotatable bonds is 4. The lowest BCUT2D eigenvalue weighted by Gasteiger charge is -2.21. The predicted octanol–water partition coefficient (Wildman–Crippen LogP) is 2.40. The molecule has 4 heteroatoms. The minimum Gasteiger partial charge on any atom is -0.381 e. The largest absolute Gasteiger partial charge is 0.381 e. The van der Waals surface area contributed by atoms with Gasteiger partial charge in [-0.05, 0) is 31.6 Å². The summed E-state index contributed by atoms with van der Waals surface area (Å²) in [6, 6.07) is 2.26. The second-order valence-corrected chi connectivity index (χ2v) is 5.69. The van der Waals surface area contributed by atoms with Gasteiger partial charge in [-0.15, -0.1) is 0 Å². The number of nitrogens with zero attached hydrogens (tertiary/aromatic N) is 2. The lowest BCUT2D eigenvalue weighted by Crippen LogP contribution is -2.27. The Hall–Kier alpha value is -1.32. The van der Waals surface area contributed by atoms with Gasteiger partial charge in [0.1, 0.15) is 0 Å². The summed E-state index contributed by atoms with van der Waals surface area (Å²) in [7, 11) is 0. The fourth-order valence-corrected chi connectivity index (χ4v) is 2.73. The zero-order valence-corrected chi connectivity index (χ0v) is 10.8. The zero-order chi connectivity index (χ0) is 12.4. The van der Waals surface area contributed by atoms with Crippen molar-refractivity contribution < 1.29 is 0 Å². The molecule has 0 atom stereocenters. The van der Waals surface area contributed by atoms with E-state index in [4.69, 9.17) is 0 Å². The molecule has 2 aliphatic rings. The molecule has 0 spiro atoms. The van der Waals surface area contributed by atoms with E-state index in [1.54, 1.807) is 16.9 Å². The molecule has 1 aromatic rings. The van der Waals surface area contributed by atoms with Crippen molar-refractivity contribution in [3.05, 3.63) is 22.6 Å². The van der Waals surface area contributed by atoms with Crippen molar-refractivity contribution in [2.24, 2.45) is 5.92 Å². The molecule has 3 rings (SSSR count). The van der Waals surface area contributed by atoms with E-state index >= 15 is 0 Å². The summed E-state index contributed by atoms with van der Waals surface area (Å²) in [5, 5.41) is 7.61. The van der Waals surface area contributed by atoms with Gasteiger partial charge in [-0.3, -0.25) is 4.79 Å². The summed E-state index contributed by atoms with van der Waals surface area (Å²) < 4.78 is 1.63. The Labute approximate surface area is 107 Å². The maximum absolute atomic E-state index is 12.0. The van der Waals surface area contributed by atoms with E-state index in [1.807, 2.05) is 0 Å². The smallest absolute Gasteiger partial charge is 0.268 e. The Morgan fingerprint density at radius 1 is 1.22 bits per heavy atom. The third-order valence-corrected chi connectivity index (χ3v) is 3.97. The molecule has 1 heterocycles. The van der Waals surface area contributed by atoms with Crippen LogP contribution in [0, 0.1) is 5.92 Å². The van der Waals surface area contributed by atoms with Crippen molar-refractivity contribution >= 4 is 5.69 Å². The Kier molecular flexibility index (Phi) is 3.35. The van der Waals surface area contributed by atoms with Crippen LogP contribution in [-0.4, -0.2) is 15.8 Å². The molecular formula is C14H21N3O. The van der Waals surface area contributed by atoms with Crippen molar-refractivity contribution in [2.75, 3.05) is 5.32 Å². The Balaban J connectivity index is 1.65. The van der Waals surface area contributed by atoms with Gasteiger partial charge < -0.3 is 5.32 Å². The van der Waals surface area contributed by atoms with Crippen LogP contribution in [-0.2, 0) is 6.54 Å². The van der Waals surface area contributed by atoms with Gasteiger partial charge in [-0.2, -0.15) is 5.10 Å². The van der Waals surface area contributed by atoms with Crippen LogP contribution in [0.25, 0.3) is 0 Å². The molecular weight excluding hydrogens is 226 g/mol. The van der Waals surface area contributed by atoms with E-state index in [2.05, 4.69) is 10.4 Å². The van der Waals surface area contributed by atoms with Crippen LogP contribution in [0.15, 0.2) is 17.1 Å². The molecule has 98 valence electrons. The van der Waals surface area contributed by atoms with Crippen molar-refractivity contribution in [3.8, 4) is 0 Å². The monoisotopic (exact) mass is 247 g/mol. The number of aromatic nitrogens is 2. The zero-order valence-electron chi connectivity index (χ0n) is 10.8. The molecule has 18 heavy (non-hydrogen) atoms. The Morgan fingerprint density at radius 3 is 2.67 bits per heavy atom. The van der Waals surface area contributed by atoms with Crippen LogP contribution < -0.4 is 10.9 Å². The standard InChI is InChI=1S/C14H21N3O/c18-14-8-13(16-12-6-7-12)9-15-17(14)10-11-4-2-1-3-5-11/h8-9,11-12,16H,1-7,10H2. The lowest BCUT2D eigenvalue weighted by molar-refractivity contribution is 0.302. The minimum absolute atomic E-state index is 0.0335. The molecule has 0 amide bonds. The SMILES string of the molecule is O=c1cc(NC2CC2)cnn1CC1CCCCC1. The number of nitrogens with one attached hydrogen (secondary N) is 1. The van der Waals surface area contributed by atoms with Crippen molar-refractivity contribution in [1.29, 1.82) is 0 Å². The van der Waals surface area contributed by atoms with E-state index in [0.717, 1.165) is 12.2 Å². The van der Waals surface area contributed by atoms with Crippen molar-refractivity contribution in [1.82, 2.24) is 9.78 Å². The first kappa shape index (κ1) is 11.8. The van der Waals surface area contributed by atoms with Crippen LogP contribution in [0.5, 0.6) is 0 Å². The number of anilines is 1. The highest BCUT2D eigenvalue weighted by atomic mass is 16.1. The maximum atomic E-state index is 12.0. The molecule has 0 aromatic carbocycles. The van der Waals surface area contributed by atoms with Gasteiger partial charge in [0.15, 0.2) is 0 Å². The molecule has 2 saturated carbocycles. The van der Waals surface area contributed by atoms with E-state index in [-0.39, 0.29) is 5.56 Å². The third-order valence-electron chi connectivity index (χ3n) is 3.97. The second kappa shape index (κ2) is 5.12. The molecule has 0 aliphatic heterocycles. The highest BCUT2D eigenvalue weighted by Gasteiger charge is 2.21. The third kappa shape index (κ3) is 2.92. The average molecular weight is 247 g/mol. The summed E-state index contributed by atoms with van der Waals surface area (Å²) in [6.45, 7) is 0.794. The topological polar surface area (TPSA) is 46.9 Å². The number of hydrogen-bond acceptors (Lipinski definition) is 3. The highest BCUT2D eigenvalue weighted by Crippen LogP contribution is 2.25. The lowest BCUT2D eigenvalue weighted by atomic mass is 9.89. The van der Waals surface area contributed by atoms with Crippen LogP contribution in [0.3, 0.4) is 0 Å². The fourth-order valence-electron chi connectivity index (χ4n) is 2.73. The van der Waals surface area contributed by atoms with Crippen LogP contribution >= 0.6 is 0 Å². The first-order chi connectivity index (χ1) is 8.81. The van der Waals surface area contributed by atoms with Gasteiger partial charge in [0.25, 0.3) is 5.56 Å². The van der Waals surface area contributed by atoms with Crippen LogP contribution in [0.1, 0.15) is 44.9 Å². The van der Waals surface area contributed by atoms with E-state index < -0.39 is 0 Å². The quantitative estimate of drug-likeness (QED) is 0.888. The Morgan fingerprint density at radius 2 is 2.00 bits per heavy atom. The normalized spacial score (nSPS) is 20.9. The van der Waals surface area contributed by atoms with Gasteiger partial charge >= 0.3 is 0 Å². The van der Waals surface area contributed by atoms with Gasteiger partial charge in [0.2, 0.25) is 0 Å². The molecule has 0 radical (unpaired) electrons. The van der Waals surface area contributed by atoms with Crippen LogP contribution in [0.2, 0.25) is 0 Å². The molecule has 2 aliphatic carbocycles. The Bertz CT molecular complexity index is 458. The summed E-state index contributed by atoms with van der Waals surface area (Å²) in [5.41, 5.74) is 0.911. The van der Waals surface area contributed by atoms with Crippen molar-refractivity contribution in [3.63, 3.8) is 0 Å². The molecule has 2 fully saturated rings. The molecule has 0 bridgehead atoms. The summed E-state index contributed by atoms with van der Waals surface area (Å²) in [5.74, 6) is 0.645. The summed E-state index contributed by atoms with van der Waals surface area (Å²) in [4.78, 5) is 12.0. The van der Waals surface area contributed by atoms with Crippen LogP contribution in [0.4, 0.5) is 5.69 Å². The van der Waals surface area contributed by atoms with Gasteiger partial charge in [-0.1, -0.05) is 19.3 Å².